The first-order chi connectivity index (χ1) is 14.4. The third-order valence-electron chi connectivity index (χ3n) is 5.87. The van der Waals surface area contributed by atoms with Gasteiger partial charge in [-0.25, -0.2) is 0 Å². The summed E-state index contributed by atoms with van der Waals surface area (Å²) in [4.78, 5) is 0. The SMILES string of the molecule is C1=CC2c3cccc(OCCOc4ccccc4)c3NC(c3ccccc3)C2C1. The van der Waals surface area contributed by atoms with Gasteiger partial charge < -0.3 is 14.8 Å². The molecule has 3 nitrogen and oxygen atoms in total. The monoisotopic (exact) mass is 383 g/mol. The van der Waals surface area contributed by atoms with Gasteiger partial charge in [-0.1, -0.05) is 72.8 Å². The number of benzene rings is 3. The molecule has 3 aromatic carbocycles. The third kappa shape index (κ3) is 3.61. The van der Waals surface area contributed by atoms with Gasteiger partial charge in [0, 0.05) is 5.92 Å². The summed E-state index contributed by atoms with van der Waals surface area (Å²) in [5, 5.41) is 3.81. The lowest BCUT2D eigenvalue weighted by Gasteiger charge is -2.38. The van der Waals surface area contributed by atoms with Crippen molar-refractivity contribution >= 4 is 5.69 Å². The number of anilines is 1. The molecular weight excluding hydrogens is 358 g/mol. The molecule has 0 radical (unpaired) electrons. The van der Waals surface area contributed by atoms with Crippen LogP contribution in [0.2, 0.25) is 0 Å². The molecule has 0 spiro atoms. The van der Waals surface area contributed by atoms with Gasteiger partial charge in [-0.15, -0.1) is 0 Å². The van der Waals surface area contributed by atoms with Crippen LogP contribution in [0.5, 0.6) is 11.5 Å². The molecule has 1 heterocycles. The average molecular weight is 383 g/mol. The molecule has 3 atom stereocenters. The van der Waals surface area contributed by atoms with Gasteiger partial charge >= 0.3 is 0 Å². The summed E-state index contributed by atoms with van der Waals surface area (Å²) in [6, 6.07) is 27.3. The lowest BCUT2D eigenvalue weighted by atomic mass is 9.77. The molecule has 3 heteroatoms. The first-order valence-corrected chi connectivity index (χ1v) is 10.3. The summed E-state index contributed by atoms with van der Waals surface area (Å²) < 4.78 is 11.9. The van der Waals surface area contributed by atoms with Crippen LogP contribution in [0.25, 0.3) is 0 Å². The highest BCUT2D eigenvalue weighted by molar-refractivity contribution is 5.67. The third-order valence-corrected chi connectivity index (χ3v) is 5.87. The molecule has 29 heavy (non-hydrogen) atoms. The molecule has 1 N–H and O–H groups in total. The van der Waals surface area contributed by atoms with Crippen LogP contribution in [-0.2, 0) is 0 Å². The van der Waals surface area contributed by atoms with E-state index in [1.807, 2.05) is 30.3 Å². The minimum absolute atomic E-state index is 0.286. The number of rotatable bonds is 6. The normalized spacial score (nSPS) is 21.7. The molecule has 0 aromatic heterocycles. The molecule has 3 aromatic rings. The minimum Gasteiger partial charge on any atom is -0.490 e. The zero-order valence-corrected chi connectivity index (χ0v) is 16.3. The van der Waals surface area contributed by atoms with Crippen molar-refractivity contribution < 1.29 is 9.47 Å². The fourth-order valence-corrected chi connectivity index (χ4v) is 4.53. The Balaban J connectivity index is 1.35. The van der Waals surface area contributed by atoms with Crippen LogP contribution >= 0.6 is 0 Å². The van der Waals surface area contributed by atoms with E-state index in [0.717, 1.165) is 23.6 Å². The number of para-hydroxylation sites is 2. The smallest absolute Gasteiger partial charge is 0.142 e. The Kier molecular flexibility index (Phi) is 4.95. The fraction of sp³-hybridized carbons (Fsp3) is 0.231. The first-order valence-electron chi connectivity index (χ1n) is 10.3. The van der Waals surface area contributed by atoms with E-state index < -0.39 is 0 Å². The highest BCUT2D eigenvalue weighted by atomic mass is 16.5. The van der Waals surface area contributed by atoms with Gasteiger partial charge in [0.1, 0.15) is 24.7 Å². The van der Waals surface area contributed by atoms with E-state index in [9.17, 15) is 0 Å². The number of ether oxygens (including phenoxy) is 2. The predicted molar refractivity (Wildman–Crippen MR) is 117 cm³/mol. The van der Waals surface area contributed by atoms with Gasteiger partial charge in [0.15, 0.2) is 0 Å². The van der Waals surface area contributed by atoms with Gasteiger partial charge in [-0.05, 0) is 41.7 Å². The molecule has 1 aliphatic heterocycles. The van der Waals surface area contributed by atoms with Gasteiger partial charge in [-0.2, -0.15) is 0 Å². The fourth-order valence-electron chi connectivity index (χ4n) is 4.53. The zero-order valence-electron chi connectivity index (χ0n) is 16.3. The van der Waals surface area contributed by atoms with Crippen molar-refractivity contribution in [1.82, 2.24) is 0 Å². The van der Waals surface area contributed by atoms with Crippen LogP contribution in [0.3, 0.4) is 0 Å². The highest BCUT2D eigenvalue weighted by Crippen LogP contribution is 2.52. The average Bonchev–Trinajstić information content (AvgIpc) is 3.28. The Morgan fingerprint density at radius 2 is 1.55 bits per heavy atom. The number of fused-ring (bicyclic) bond motifs is 3. The van der Waals surface area contributed by atoms with E-state index in [0.29, 0.717) is 25.0 Å². The summed E-state index contributed by atoms with van der Waals surface area (Å²) in [5.74, 6) is 2.74. The van der Waals surface area contributed by atoms with Crippen molar-refractivity contribution in [2.75, 3.05) is 18.5 Å². The summed E-state index contributed by atoms with van der Waals surface area (Å²) in [6.45, 7) is 1.02. The maximum atomic E-state index is 6.15. The molecule has 3 unspecified atom stereocenters. The van der Waals surface area contributed by atoms with Crippen LogP contribution < -0.4 is 14.8 Å². The number of hydrogen-bond acceptors (Lipinski definition) is 3. The minimum atomic E-state index is 0.286. The van der Waals surface area contributed by atoms with E-state index in [2.05, 4.69) is 66.0 Å². The van der Waals surface area contributed by atoms with Crippen molar-refractivity contribution in [1.29, 1.82) is 0 Å². The van der Waals surface area contributed by atoms with Crippen LogP contribution in [-0.4, -0.2) is 13.2 Å². The number of allylic oxidation sites excluding steroid dienone is 2. The lowest BCUT2D eigenvalue weighted by Crippen LogP contribution is -2.29. The Hall–Kier alpha value is -3.20. The van der Waals surface area contributed by atoms with Crippen molar-refractivity contribution in [2.45, 2.75) is 18.4 Å². The zero-order chi connectivity index (χ0) is 19.5. The molecule has 0 bridgehead atoms. The molecule has 1 aliphatic carbocycles. The summed E-state index contributed by atoms with van der Waals surface area (Å²) in [5.41, 5.74) is 3.78. The largest absolute Gasteiger partial charge is 0.490 e. The van der Waals surface area contributed by atoms with Crippen LogP contribution in [0, 0.1) is 5.92 Å². The molecule has 2 aliphatic rings. The number of hydrogen-bond donors (Lipinski definition) is 1. The summed E-state index contributed by atoms with van der Waals surface area (Å²) in [7, 11) is 0. The standard InChI is InChI=1S/C26H25NO2/c1-3-9-19(10-4-1)25-22-14-7-13-21(22)23-15-8-16-24(26(23)27-25)29-18-17-28-20-11-5-2-6-12-20/h1-13,15-16,21-22,25,27H,14,17-18H2. The molecular formula is C26H25NO2. The van der Waals surface area contributed by atoms with Gasteiger partial charge in [0.25, 0.3) is 0 Å². The Bertz CT molecular complexity index is 984. The lowest BCUT2D eigenvalue weighted by molar-refractivity contribution is 0.217. The molecule has 146 valence electrons. The van der Waals surface area contributed by atoms with E-state index in [1.54, 1.807) is 0 Å². The molecule has 5 rings (SSSR count). The van der Waals surface area contributed by atoms with Crippen molar-refractivity contribution in [3.05, 3.63) is 102 Å². The predicted octanol–water partition coefficient (Wildman–Crippen LogP) is 5.97. The van der Waals surface area contributed by atoms with Crippen molar-refractivity contribution in [3.8, 4) is 11.5 Å². The molecule has 0 fully saturated rings. The van der Waals surface area contributed by atoms with E-state index in [4.69, 9.17) is 9.47 Å². The Labute approximate surface area is 172 Å². The van der Waals surface area contributed by atoms with Crippen LogP contribution in [0.4, 0.5) is 5.69 Å². The van der Waals surface area contributed by atoms with Crippen molar-refractivity contribution in [2.24, 2.45) is 5.92 Å². The maximum Gasteiger partial charge on any atom is 0.142 e. The van der Waals surface area contributed by atoms with E-state index >= 15 is 0 Å². The molecule has 0 saturated heterocycles. The Morgan fingerprint density at radius 1 is 0.793 bits per heavy atom. The van der Waals surface area contributed by atoms with Gasteiger partial charge in [-0.3, -0.25) is 0 Å². The van der Waals surface area contributed by atoms with Gasteiger partial charge in [0.2, 0.25) is 0 Å². The van der Waals surface area contributed by atoms with E-state index in [-0.39, 0.29) is 6.04 Å². The second-order valence-corrected chi connectivity index (χ2v) is 7.62. The maximum absolute atomic E-state index is 6.15. The van der Waals surface area contributed by atoms with E-state index in [1.165, 1.54) is 11.1 Å². The van der Waals surface area contributed by atoms with Crippen LogP contribution in [0.1, 0.15) is 29.5 Å². The first kappa shape index (κ1) is 17.9. The van der Waals surface area contributed by atoms with Gasteiger partial charge in [0.05, 0.1) is 11.7 Å². The highest BCUT2D eigenvalue weighted by Gasteiger charge is 2.38. The quantitative estimate of drug-likeness (QED) is 0.420. The second kappa shape index (κ2) is 8.04. The molecule has 0 amide bonds. The van der Waals surface area contributed by atoms with Crippen LogP contribution in [0.15, 0.2) is 91.0 Å². The number of nitrogens with one attached hydrogen (secondary N) is 1. The Morgan fingerprint density at radius 3 is 2.38 bits per heavy atom. The summed E-state index contributed by atoms with van der Waals surface area (Å²) >= 11 is 0. The second-order valence-electron chi connectivity index (χ2n) is 7.62. The summed E-state index contributed by atoms with van der Waals surface area (Å²) in [6.07, 6.45) is 5.79. The molecule has 0 saturated carbocycles. The topological polar surface area (TPSA) is 30.5 Å². The van der Waals surface area contributed by atoms with Crippen molar-refractivity contribution in [3.63, 3.8) is 0 Å².